The summed E-state index contributed by atoms with van der Waals surface area (Å²) in [7, 11) is 3.30. The van der Waals surface area contributed by atoms with Gasteiger partial charge >= 0.3 is 0 Å². The van der Waals surface area contributed by atoms with Crippen molar-refractivity contribution in [1.29, 1.82) is 0 Å². The molecule has 2 heterocycles. The van der Waals surface area contributed by atoms with Gasteiger partial charge in [-0.3, -0.25) is 0 Å². The summed E-state index contributed by atoms with van der Waals surface area (Å²) < 4.78 is 19.5. The average molecular weight is 350 g/mol. The molecule has 1 saturated heterocycles. The van der Waals surface area contributed by atoms with Crippen molar-refractivity contribution in [3.05, 3.63) is 53.9 Å². The molecule has 0 atom stereocenters. The van der Waals surface area contributed by atoms with Crippen molar-refractivity contribution in [3.8, 4) is 22.8 Å². The maximum absolute atomic E-state index is 6.23. The van der Waals surface area contributed by atoms with Gasteiger partial charge in [0.2, 0.25) is 5.36 Å². The summed E-state index contributed by atoms with van der Waals surface area (Å²) >= 11 is 0. The Kier molecular flexibility index (Phi) is 4.65. The lowest BCUT2D eigenvalue weighted by molar-refractivity contribution is 0.355. The molecule has 4 heteroatoms. The number of piperidine rings is 1. The van der Waals surface area contributed by atoms with Crippen LogP contribution in [0.5, 0.6) is 11.5 Å². The maximum Gasteiger partial charge on any atom is 0.214 e. The lowest BCUT2D eigenvalue weighted by Gasteiger charge is -2.12. The van der Waals surface area contributed by atoms with Gasteiger partial charge in [0, 0.05) is 18.4 Å². The number of benzene rings is 2. The van der Waals surface area contributed by atoms with Crippen LogP contribution in [0.4, 0.5) is 0 Å². The topological polar surface area (TPSA) is 34.6 Å². The third kappa shape index (κ3) is 3.07. The molecule has 0 saturated carbocycles. The SMILES string of the molecule is COc1ccc(-c2cc(=[N+]3CCCCC3)c3ccccc3o2)cc1OC. The molecular weight excluding hydrogens is 326 g/mol. The standard InChI is InChI=1S/C22H24NO3/c1-24-20-11-10-16(14-22(20)25-2)21-15-18(23-12-6-3-7-13-23)17-8-4-5-9-19(17)26-21/h4-5,8-11,14-15H,3,6-7,12-13H2,1-2H3/q+1. The quantitative estimate of drug-likeness (QED) is 0.668. The molecular formula is C22H24NO3+. The summed E-state index contributed by atoms with van der Waals surface area (Å²) in [5, 5.41) is 2.41. The molecule has 4 rings (SSSR count). The lowest BCUT2D eigenvalue weighted by Crippen LogP contribution is -2.35. The van der Waals surface area contributed by atoms with E-state index >= 15 is 0 Å². The van der Waals surface area contributed by atoms with Gasteiger partial charge in [0.1, 0.15) is 24.4 Å². The summed E-state index contributed by atoms with van der Waals surface area (Å²) in [5.41, 5.74) is 1.88. The van der Waals surface area contributed by atoms with Crippen LogP contribution in [0.25, 0.3) is 22.3 Å². The van der Waals surface area contributed by atoms with Gasteiger partial charge in [0.05, 0.1) is 25.7 Å². The minimum atomic E-state index is 0.702. The molecule has 2 aromatic carbocycles. The fraction of sp³-hybridized carbons (Fsp3) is 0.318. The van der Waals surface area contributed by atoms with Crippen LogP contribution in [0.2, 0.25) is 0 Å². The Hall–Kier alpha value is -2.75. The molecule has 0 spiro atoms. The van der Waals surface area contributed by atoms with E-state index in [4.69, 9.17) is 13.9 Å². The molecule has 0 N–H and O–H groups in total. The minimum absolute atomic E-state index is 0.702. The number of hydrogen-bond acceptors (Lipinski definition) is 3. The number of methoxy groups -OCH3 is 2. The van der Waals surface area contributed by atoms with Gasteiger partial charge in [0.15, 0.2) is 11.5 Å². The molecule has 4 nitrogen and oxygen atoms in total. The van der Waals surface area contributed by atoms with Gasteiger partial charge in [-0.1, -0.05) is 12.1 Å². The average Bonchev–Trinajstić information content (AvgIpc) is 2.73. The number of ether oxygens (including phenoxy) is 2. The third-order valence-electron chi connectivity index (χ3n) is 5.02. The summed E-state index contributed by atoms with van der Waals surface area (Å²) in [4.78, 5) is 0. The molecule has 134 valence electrons. The minimum Gasteiger partial charge on any atom is -0.493 e. The third-order valence-corrected chi connectivity index (χ3v) is 5.02. The highest BCUT2D eigenvalue weighted by Gasteiger charge is 2.17. The van der Waals surface area contributed by atoms with Gasteiger partial charge in [0.25, 0.3) is 0 Å². The summed E-state index contributed by atoms with van der Waals surface area (Å²) in [6.07, 6.45) is 3.80. The van der Waals surface area contributed by atoms with E-state index in [1.807, 2.05) is 30.3 Å². The van der Waals surface area contributed by atoms with Crippen molar-refractivity contribution in [1.82, 2.24) is 4.58 Å². The Morgan fingerprint density at radius 3 is 2.38 bits per heavy atom. The first-order valence-electron chi connectivity index (χ1n) is 9.13. The van der Waals surface area contributed by atoms with Crippen molar-refractivity contribution in [2.45, 2.75) is 19.3 Å². The van der Waals surface area contributed by atoms with E-state index in [0.29, 0.717) is 11.5 Å². The van der Waals surface area contributed by atoms with Crippen LogP contribution >= 0.6 is 0 Å². The highest BCUT2D eigenvalue weighted by atomic mass is 16.5. The van der Waals surface area contributed by atoms with Gasteiger partial charge < -0.3 is 13.9 Å². The van der Waals surface area contributed by atoms with Crippen LogP contribution in [-0.2, 0) is 0 Å². The van der Waals surface area contributed by atoms with E-state index in [1.165, 1.54) is 30.0 Å². The summed E-state index contributed by atoms with van der Waals surface area (Å²) in [6.45, 7) is 2.19. The molecule has 1 aliphatic heterocycles. The van der Waals surface area contributed by atoms with E-state index in [1.54, 1.807) is 14.2 Å². The normalized spacial score (nSPS) is 14.5. The fourth-order valence-electron chi connectivity index (χ4n) is 3.65. The molecule has 0 amide bonds. The van der Waals surface area contributed by atoms with E-state index in [9.17, 15) is 0 Å². The van der Waals surface area contributed by atoms with Crippen LogP contribution < -0.4 is 19.4 Å². The fourth-order valence-corrected chi connectivity index (χ4v) is 3.65. The Balaban J connectivity index is 1.94. The van der Waals surface area contributed by atoms with E-state index in [-0.39, 0.29) is 0 Å². The van der Waals surface area contributed by atoms with Crippen molar-refractivity contribution in [2.75, 3.05) is 27.3 Å². The molecule has 26 heavy (non-hydrogen) atoms. The molecule has 0 radical (unpaired) electrons. The first-order chi connectivity index (χ1) is 12.8. The first kappa shape index (κ1) is 16.7. The number of para-hydroxylation sites is 1. The second-order valence-electron chi connectivity index (χ2n) is 6.61. The monoisotopic (exact) mass is 350 g/mol. The molecule has 0 bridgehead atoms. The predicted octanol–water partition coefficient (Wildman–Crippen LogP) is 4.07. The second kappa shape index (κ2) is 7.24. The lowest BCUT2D eigenvalue weighted by atomic mass is 10.1. The molecule has 0 aliphatic carbocycles. The zero-order chi connectivity index (χ0) is 17.9. The van der Waals surface area contributed by atoms with Crippen LogP contribution in [0.15, 0.2) is 52.9 Å². The highest BCUT2D eigenvalue weighted by Crippen LogP contribution is 2.32. The van der Waals surface area contributed by atoms with Crippen molar-refractivity contribution in [3.63, 3.8) is 0 Å². The van der Waals surface area contributed by atoms with E-state index in [2.05, 4.69) is 22.8 Å². The summed E-state index contributed by atoms with van der Waals surface area (Å²) in [5.74, 6) is 2.26. The van der Waals surface area contributed by atoms with Crippen LogP contribution in [0, 0.1) is 0 Å². The maximum atomic E-state index is 6.23. The molecule has 0 unspecified atom stereocenters. The Morgan fingerprint density at radius 1 is 0.846 bits per heavy atom. The van der Waals surface area contributed by atoms with Crippen LogP contribution in [-0.4, -0.2) is 27.3 Å². The van der Waals surface area contributed by atoms with Gasteiger partial charge in [-0.25, -0.2) is 4.58 Å². The second-order valence-corrected chi connectivity index (χ2v) is 6.61. The van der Waals surface area contributed by atoms with Gasteiger partial charge in [-0.05, 0) is 36.8 Å². The predicted molar refractivity (Wildman–Crippen MR) is 104 cm³/mol. The number of hydrogen-bond donors (Lipinski definition) is 0. The summed E-state index contributed by atoms with van der Waals surface area (Å²) in [6, 6.07) is 16.3. The number of rotatable bonds is 3. The van der Waals surface area contributed by atoms with Crippen molar-refractivity contribution < 1.29 is 13.9 Å². The number of fused-ring (bicyclic) bond motifs is 1. The Morgan fingerprint density at radius 2 is 1.62 bits per heavy atom. The molecule has 1 fully saturated rings. The molecule has 3 aromatic rings. The van der Waals surface area contributed by atoms with Gasteiger partial charge in [-0.15, -0.1) is 0 Å². The van der Waals surface area contributed by atoms with Crippen molar-refractivity contribution >= 4 is 11.0 Å². The largest absolute Gasteiger partial charge is 0.493 e. The highest BCUT2D eigenvalue weighted by molar-refractivity contribution is 5.78. The van der Waals surface area contributed by atoms with Crippen LogP contribution in [0.3, 0.4) is 0 Å². The smallest absolute Gasteiger partial charge is 0.214 e. The van der Waals surface area contributed by atoms with E-state index < -0.39 is 0 Å². The number of nitrogens with zero attached hydrogens (tertiary/aromatic N) is 1. The zero-order valence-corrected chi connectivity index (χ0v) is 15.3. The van der Waals surface area contributed by atoms with Gasteiger partial charge in [-0.2, -0.15) is 0 Å². The van der Waals surface area contributed by atoms with Crippen LogP contribution in [0.1, 0.15) is 19.3 Å². The van der Waals surface area contributed by atoms with E-state index in [0.717, 1.165) is 30.0 Å². The molecule has 1 aliphatic rings. The molecule has 1 aromatic heterocycles. The van der Waals surface area contributed by atoms with Crippen molar-refractivity contribution in [2.24, 2.45) is 0 Å². The first-order valence-corrected chi connectivity index (χ1v) is 9.13. The zero-order valence-electron chi connectivity index (χ0n) is 15.3. The Labute approximate surface area is 153 Å². The Bertz CT molecular complexity index is 996.